The maximum Gasteiger partial charge on any atom is 0.236 e. The first kappa shape index (κ1) is 14.3. The van der Waals surface area contributed by atoms with E-state index >= 15 is 0 Å². The van der Waals surface area contributed by atoms with Crippen LogP contribution in [0.2, 0.25) is 0 Å². The van der Waals surface area contributed by atoms with Crippen molar-refractivity contribution in [2.24, 2.45) is 11.7 Å². The number of nitrogens with zero attached hydrogens (tertiary/aromatic N) is 2. The van der Waals surface area contributed by atoms with E-state index < -0.39 is 0 Å². The zero-order chi connectivity index (χ0) is 14.8. The number of hydrogen-bond acceptors (Lipinski definition) is 5. The minimum absolute atomic E-state index is 0.111. The van der Waals surface area contributed by atoms with Crippen molar-refractivity contribution in [1.82, 2.24) is 9.88 Å². The molecule has 2 aromatic rings. The largest absolute Gasteiger partial charge is 0.440 e. The highest BCUT2D eigenvalue weighted by Crippen LogP contribution is 2.26. The summed E-state index contributed by atoms with van der Waals surface area (Å²) in [5.74, 6) is 1.88. The molecule has 3 heterocycles. The zero-order valence-corrected chi connectivity index (χ0v) is 12.9. The van der Waals surface area contributed by atoms with E-state index in [1.807, 2.05) is 29.3 Å². The summed E-state index contributed by atoms with van der Waals surface area (Å²) in [5.41, 5.74) is 6.40. The van der Waals surface area contributed by atoms with Crippen molar-refractivity contribution in [3.05, 3.63) is 29.0 Å². The minimum Gasteiger partial charge on any atom is -0.440 e. The zero-order valence-electron chi connectivity index (χ0n) is 12.0. The third-order valence-corrected chi connectivity index (χ3v) is 4.77. The van der Waals surface area contributed by atoms with Gasteiger partial charge in [0, 0.05) is 13.1 Å². The number of rotatable bonds is 4. The van der Waals surface area contributed by atoms with Gasteiger partial charge in [0.15, 0.2) is 0 Å². The van der Waals surface area contributed by atoms with Crippen LogP contribution in [-0.4, -0.2) is 35.4 Å². The lowest BCUT2D eigenvalue weighted by molar-refractivity contribution is -0.129. The molecule has 0 saturated carbocycles. The first-order chi connectivity index (χ1) is 10.2. The quantitative estimate of drug-likeness (QED) is 0.938. The molecular weight excluding hydrogens is 286 g/mol. The second kappa shape index (κ2) is 5.99. The summed E-state index contributed by atoms with van der Waals surface area (Å²) in [5, 5.41) is 1.98. The van der Waals surface area contributed by atoms with E-state index in [0.29, 0.717) is 24.8 Å². The SMILES string of the molecule is Cc1oc(-c2cccs2)nc1CC(=O)N1CCC(CN)C1. The fraction of sp³-hybridized carbons (Fsp3) is 0.467. The van der Waals surface area contributed by atoms with Gasteiger partial charge in [0.05, 0.1) is 17.0 Å². The molecule has 0 aliphatic carbocycles. The number of carbonyl (C=O) groups is 1. The Morgan fingerprint density at radius 2 is 2.48 bits per heavy atom. The van der Waals surface area contributed by atoms with Crippen molar-refractivity contribution < 1.29 is 9.21 Å². The molecule has 0 bridgehead atoms. The number of nitrogens with two attached hydrogens (primary N) is 1. The molecule has 1 atom stereocenters. The third-order valence-electron chi connectivity index (χ3n) is 3.92. The summed E-state index contributed by atoms with van der Waals surface area (Å²) >= 11 is 1.58. The van der Waals surface area contributed by atoms with Crippen LogP contribution in [-0.2, 0) is 11.2 Å². The number of aromatic nitrogens is 1. The van der Waals surface area contributed by atoms with Crippen LogP contribution in [0.25, 0.3) is 10.8 Å². The Morgan fingerprint density at radius 1 is 1.62 bits per heavy atom. The Labute approximate surface area is 127 Å². The topological polar surface area (TPSA) is 72.4 Å². The predicted octanol–water partition coefficient (Wildman–Crippen LogP) is 2.06. The Bertz CT molecular complexity index is 621. The van der Waals surface area contributed by atoms with E-state index in [4.69, 9.17) is 10.2 Å². The van der Waals surface area contributed by atoms with E-state index in [1.54, 1.807) is 11.3 Å². The first-order valence-electron chi connectivity index (χ1n) is 7.15. The van der Waals surface area contributed by atoms with Crippen molar-refractivity contribution in [1.29, 1.82) is 0 Å². The van der Waals surface area contributed by atoms with E-state index in [9.17, 15) is 4.79 Å². The van der Waals surface area contributed by atoms with E-state index in [-0.39, 0.29) is 5.91 Å². The van der Waals surface area contributed by atoms with Gasteiger partial charge in [-0.2, -0.15) is 0 Å². The van der Waals surface area contributed by atoms with Gasteiger partial charge in [-0.3, -0.25) is 4.79 Å². The van der Waals surface area contributed by atoms with Crippen molar-refractivity contribution in [2.75, 3.05) is 19.6 Å². The first-order valence-corrected chi connectivity index (χ1v) is 8.03. The predicted molar refractivity (Wildman–Crippen MR) is 82.0 cm³/mol. The molecule has 1 fully saturated rings. The smallest absolute Gasteiger partial charge is 0.236 e. The molecular formula is C15H19N3O2S. The van der Waals surface area contributed by atoms with Gasteiger partial charge in [-0.25, -0.2) is 4.98 Å². The van der Waals surface area contributed by atoms with Crippen molar-refractivity contribution in [3.63, 3.8) is 0 Å². The molecule has 21 heavy (non-hydrogen) atoms. The fourth-order valence-electron chi connectivity index (χ4n) is 2.60. The molecule has 0 spiro atoms. The molecule has 1 aliphatic heterocycles. The van der Waals surface area contributed by atoms with Gasteiger partial charge in [0.1, 0.15) is 5.76 Å². The van der Waals surface area contributed by atoms with Crippen LogP contribution in [0.5, 0.6) is 0 Å². The monoisotopic (exact) mass is 305 g/mol. The van der Waals surface area contributed by atoms with E-state index in [1.165, 1.54) is 0 Å². The van der Waals surface area contributed by atoms with Gasteiger partial charge >= 0.3 is 0 Å². The molecule has 1 unspecified atom stereocenters. The molecule has 0 radical (unpaired) electrons. The number of hydrogen-bond donors (Lipinski definition) is 1. The van der Waals surface area contributed by atoms with Gasteiger partial charge in [-0.05, 0) is 37.3 Å². The number of thiophene rings is 1. The van der Waals surface area contributed by atoms with Crippen molar-refractivity contribution in [2.45, 2.75) is 19.8 Å². The maximum atomic E-state index is 12.3. The molecule has 2 N–H and O–H groups in total. The molecule has 1 aliphatic rings. The maximum absolute atomic E-state index is 12.3. The van der Waals surface area contributed by atoms with Crippen molar-refractivity contribution in [3.8, 4) is 10.8 Å². The third kappa shape index (κ3) is 3.01. The molecule has 3 rings (SSSR count). The van der Waals surface area contributed by atoms with Crippen LogP contribution in [0.15, 0.2) is 21.9 Å². The molecule has 112 valence electrons. The average molecular weight is 305 g/mol. The highest BCUT2D eigenvalue weighted by molar-refractivity contribution is 7.13. The lowest BCUT2D eigenvalue weighted by atomic mass is 10.1. The summed E-state index contributed by atoms with van der Waals surface area (Å²) in [6.07, 6.45) is 1.30. The molecule has 2 aromatic heterocycles. The van der Waals surface area contributed by atoms with Crippen molar-refractivity contribution >= 4 is 17.2 Å². The molecule has 0 aromatic carbocycles. The van der Waals surface area contributed by atoms with Gasteiger partial charge in [-0.15, -0.1) is 11.3 Å². The highest BCUT2D eigenvalue weighted by atomic mass is 32.1. The number of oxazole rings is 1. The van der Waals surface area contributed by atoms with Crippen LogP contribution >= 0.6 is 11.3 Å². The second-order valence-corrected chi connectivity index (χ2v) is 6.35. The summed E-state index contributed by atoms with van der Waals surface area (Å²) in [6.45, 7) is 4.08. The highest BCUT2D eigenvalue weighted by Gasteiger charge is 2.26. The van der Waals surface area contributed by atoms with Gasteiger partial charge in [0.2, 0.25) is 11.8 Å². The minimum atomic E-state index is 0.111. The standard InChI is InChI=1S/C15H19N3O2S/c1-10-12(17-15(20-10)13-3-2-6-21-13)7-14(19)18-5-4-11(8-16)9-18/h2-3,6,11H,4-5,7-9,16H2,1H3. The van der Waals surface area contributed by atoms with E-state index in [2.05, 4.69) is 4.98 Å². The van der Waals surface area contributed by atoms with Crippen LogP contribution in [0, 0.1) is 12.8 Å². The number of aryl methyl sites for hydroxylation is 1. The van der Waals surface area contributed by atoms with E-state index in [0.717, 1.165) is 35.8 Å². The van der Waals surface area contributed by atoms with Gasteiger partial charge in [0.25, 0.3) is 0 Å². The Morgan fingerprint density at radius 3 is 3.14 bits per heavy atom. The van der Waals surface area contributed by atoms with Crippen LogP contribution in [0.1, 0.15) is 17.9 Å². The molecule has 1 amide bonds. The van der Waals surface area contributed by atoms with Crippen LogP contribution in [0.3, 0.4) is 0 Å². The van der Waals surface area contributed by atoms with Crippen LogP contribution < -0.4 is 5.73 Å². The van der Waals surface area contributed by atoms with Gasteiger partial charge in [-0.1, -0.05) is 6.07 Å². The molecule has 1 saturated heterocycles. The fourth-order valence-corrected chi connectivity index (χ4v) is 3.25. The van der Waals surface area contributed by atoms with Gasteiger partial charge < -0.3 is 15.1 Å². The average Bonchev–Trinajstić information content (AvgIpc) is 3.18. The summed E-state index contributed by atoms with van der Waals surface area (Å²) in [4.78, 5) is 19.7. The Balaban J connectivity index is 1.69. The molecule has 6 heteroatoms. The summed E-state index contributed by atoms with van der Waals surface area (Å²) in [6, 6.07) is 3.93. The number of amides is 1. The lowest BCUT2D eigenvalue weighted by Crippen LogP contribution is -2.31. The Hall–Kier alpha value is -1.66. The normalized spacial score (nSPS) is 18.4. The molecule has 5 nitrogen and oxygen atoms in total. The lowest BCUT2D eigenvalue weighted by Gasteiger charge is -2.15. The van der Waals surface area contributed by atoms with Crippen LogP contribution in [0.4, 0.5) is 0 Å². The summed E-state index contributed by atoms with van der Waals surface area (Å²) < 4.78 is 5.67. The second-order valence-electron chi connectivity index (χ2n) is 5.41. The summed E-state index contributed by atoms with van der Waals surface area (Å²) in [7, 11) is 0. The Kier molecular flexibility index (Phi) is 4.07. The number of likely N-dealkylation sites (tertiary alicyclic amines) is 1. The number of carbonyl (C=O) groups excluding carboxylic acids is 1.